The molecule has 8 heteroatoms. The Hall–Kier alpha value is -3.55. The second-order valence-corrected chi connectivity index (χ2v) is 5.21. The number of halogens is 1. The summed E-state index contributed by atoms with van der Waals surface area (Å²) < 4.78 is 29.2. The summed E-state index contributed by atoms with van der Waals surface area (Å²) >= 11 is 0. The largest absolute Gasteiger partial charge is 0.496 e. The van der Waals surface area contributed by atoms with Crippen LogP contribution >= 0.6 is 0 Å². The number of hydrazine groups is 1. The molecule has 2 aromatic rings. The number of amides is 2. The van der Waals surface area contributed by atoms with E-state index in [4.69, 9.17) is 14.2 Å². The van der Waals surface area contributed by atoms with Crippen molar-refractivity contribution in [1.29, 1.82) is 0 Å². The van der Waals surface area contributed by atoms with E-state index in [2.05, 4.69) is 10.9 Å². The molecule has 0 unspecified atom stereocenters. The molecule has 0 atom stereocenters. The van der Waals surface area contributed by atoms with Gasteiger partial charge in [0, 0.05) is 17.7 Å². The SMILES string of the molecule is COc1cc(OC)c(OC)cc1/C=C/C(=O)NNC(=O)c1ccccc1F. The second kappa shape index (κ2) is 9.23. The van der Waals surface area contributed by atoms with Crippen LogP contribution < -0.4 is 25.1 Å². The van der Waals surface area contributed by atoms with Crippen LogP contribution in [0.25, 0.3) is 6.08 Å². The van der Waals surface area contributed by atoms with E-state index in [9.17, 15) is 14.0 Å². The lowest BCUT2D eigenvalue weighted by molar-refractivity contribution is -0.117. The summed E-state index contributed by atoms with van der Waals surface area (Å²) in [5.74, 6) is -0.656. The minimum absolute atomic E-state index is 0.177. The number of hydrogen-bond acceptors (Lipinski definition) is 5. The van der Waals surface area contributed by atoms with Crippen LogP contribution in [0.4, 0.5) is 4.39 Å². The van der Waals surface area contributed by atoms with E-state index in [0.717, 1.165) is 6.07 Å². The lowest BCUT2D eigenvalue weighted by atomic mass is 10.1. The Labute approximate surface area is 155 Å². The van der Waals surface area contributed by atoms with Gasteiger partial charge in [0.15, 0.2) is 11.5 Å². The summed E-state index contributed by atoms with van der Waals surface area (Å²) in [7, 11) is 4.47. The van der Waals surface area contributed by atoms with Gasteiger partial charge in [0.1, 0.15) is 11.6 Å². The van der Waals surface area contributed by atoms with Crippen molar-refractivity contribution in [3.05, 3.63) is 59.4 Å². The van der Waals surface area contributed by atoms with Gasteiger partial charge in [-0.15, -0.1) is 0 Å². The van der Waals surface area contributed by atoms with Crippen molar-refractivity contribution in [2.45, 2.75) is 0 Å². The van der Waals surface area contributed by atoms with Crippen molar-refractivity contribution in [2.75, 3.05) is 21.3 Å². The van der Waals surface area contributed by atoms with E-state index in [-0.39, 0.29) is 5.56 Å². The summed E-state index contributed by atoms with van der Waals surface area (Å²) in [5.41, 5.74) is 4.70. The second-order valence-electron chi connectivity index (χ2n) is 5.21. The molecule has 142 valence electrons. The van der Waals surface area contributed by atoms with Gasteiger partial charge in [0.05, 0.1) is 26.9 Å². The van der Waals surface area contributed by atoms with Gasteiger partial charge in [-0.05, 0) is 24.3 Å². The third-order valence-corrected chi connectivity index (χ3v) is 3.57. The molecule has 0 saturated carbocycles. The van der Waals surface area contributed by atoms with Gasteiger partial charge in [0.2, 0.25) is 0 Å². The van der Waals surface area contributed by atoms with Gasteiger partial charge in [-0.1, -0.05) is 12.1 Å². The molecule has 27 heavy (non-hydrogen) atoms. The Morgan fingerprint density at radius 3 is 2.19 bits per heavy atom. The molecule has 0 bridgehead atoms. The first-order valence-corrected chi connectivity index (χ1v) is 7.83. The number of rotatable bonds is 6. The molecule has 0 spiro atoms. The summed E-state index contributed by atoms with van der Waals surface area (Å²) in [6, 6.07) is 8.70. The number of carbonyl (C=O) groups excluding carboxylic acids is 2. The molecule has 2 rings (SSSR count). The Kier molecular flexibility index (Phi) is 6.76. The van der Waals surface area contributed by atoms with Crippen molar-refractivity contribution in [1.82, 2.24) is 10.9 Å². The lowest BCUT2D eigenvalue weighted by Crippen LogP contribution is -2.41. The zero-order valence-electron chi connectivity index (χ0n) is 15.0. The number of ether oxygens (including phenoxy) is 3. The lowest BCUT2D eigenvalue weighted by Gasteiger charge is -2.12. The summed E-state index contributed by atoms with van der Waals surface area (Å²) in [6.45, 7) is 0. The highest BCUT2D eigenvalue weighted by atomic mass is 19.1. The maximum atomic E-state index is 13.5. The fraction of sp³-hybridized carbons (Fsp3) is 0.158. The highest BCUT2D eigenvalue weighted by molar-refractivity contribution is 5.98. The summed E-state index contributed by atoms with van der Waals surface area (Å²) in [6.07, 6.45) is 2.66. The van der Waals surface area contributed by atoms with Gasteiger partial charge in [-0.25, -0.2) is 4.39 Å². The molecule has 2 N–H and O–H groups in total. The van der Waals surface area contributed by atoms with Crippen molar-refractivity contribution in [3.63, 3.8) is 0 Å². The fourth-order valence-electron chi connectivity index (χ4n) is 2.22. The van der Waals surface area contributed by atoms with Crippen LogP contribution in [-0.4, -0.2) is 33.1 Å². The van der Waals surface area contributed by atoms with Crippen LogP contribution in [0.15, 0.2) is 42.5 Å². The van der Waals surface area contributed by atoms with E-state index in [1.807, 2.05) is 0 Å². The average Bonchev–Trinajstić information content (AvgIpc) is 2.69. The monoisotopic (exact) mass is 374 g/mol. The maximum Gasteiger partial charge on any atom is 0.272 e. The van der Waals surface area contributed by atoms with Gasteiger partial charge in [0.25, 0.3) is 11.8 Å². The molecule has 0 fully saturated rings. The van der Waals surface area contributed by atoms with Crippen molar-refractivity contribution >= 4 is 17.9 Å². The molecule has 0 aliphatic rings. The third kappa shape index (κ3) is 4.97. The topological polar surface area (TPSA) is 85.9 Å². The normalized spacial score (nSPS) is 10.4. The minimum Gasteiger partial charge on any atom is -0.496 e. The predicted molar refractivity (Wildman–Crippen MR) is 97.1 cm³/mol. The first kappa shape index (κ1) is 19.8. The minimum atomic E-state index is -0.765. The number of carbonyl (C=O) groups is 2. The first-order chi connectivity index (χ1) is 13.0. The van der Waals surface area contributed by atoms with Crippen molar-refractivity contribution in [2.24, 2.45) is 0 Å². The zero-order valence-corrected chi connectivity index (χ0v) is 15.0. The number of hydrogen-bond donors (Lipinski definition) is 2. The van der Waals surface area contributed by atoms with Crippen molar-refractivity contribution in [3.8, 4) is 17.2 Å². The number of benzene rings is 2. The molecule has 0 aliphatic heterocycles. The summed E-state index contributed by atoms with van der Waals surface area (Å²) in [4.78, 5) is 23.8. The Morgan fingerprint density at radius 1 is 0.926 bits per heavy atom. The standard InChI is InChI=1S/C19H19FN2O5/c1-25-15-11-17(27-3)16(26-2)10-12(15)8-9-18(23)21-22-19(24)13-6-4-5-7-14(13)20/h4-11H,1-3H3,(H,21,23)(H,22,24)/b9-8+. The molecule has 0 aromatic heterocycles. The van der Waals surface area contributed by atoms with E-state index < -0.39 is 17.6 Å². The molecule has 0 radical (unpaired) electrons. The Balaban J connectivity index is 2.06. The van der Waals surface area contributed by atoms with Crippen LogP contribution in [-0.2, 0) is 4.79 Å². The molecule has 2 amide bonds. The van der Waals surface area contributed by atoms with E-state index in [1.165, 1.54) is 51.7 Å². The van der Waals surface area contributed by atoms with Gasteiger partial charge in [-0.2, -0.15) is 0 Å². The van der Waals surface area contributed by atoms with Crippen molar-refractivity contribution < 1.29 is 28.2 Å². The van der Waals surface area contributed by atoms with Crippen LogP contribution in [0, 0.1) is 5.82 Å². The van der Waals surface area contributed by atoms with Gasteiger partial charge >= 0.3 is 0 Å². The fourth-order valence-corrected chi connectivity index (χ4v) is 2.22. The average molecular weight is 374 g/mol. The molecule has 7 nitrogen and oxygen atoms in total. The number of methoxy groups -OCH3 is 3. The smallest absolute Gasteiger partial charge is 0.272 e. The third-order valence-electron chi connectivity index (χ3n) is 3.57. The highest BCUT2D eigenvalue weighted by Crippen LogP contribution is 2.35. The van der Waals surface area contributed by atoms with E-state index >= 15 is 0 Å². The maximum absolute atomic E-state index is 13.5. The Bertz CT molecular complexity index is 867. The molecular weight excluding hydrogens is 355 g/mol. The molecule has 0 aliphatic carbocycles. The van der Waals surface area contributed by atoms with Crippen LogP contribution in [0.5, 0.6) is 17.2 Å². The van der Waals surface area contributed by atoms with Gasteiger partial charge in [-0.3, -0.25) is 20.4 Å². The predicted octanol–water partition coefficient (Wildman–Crippen LogP) is 2.33. The molecule has 0 saturated heterocycles. The quantitative estimate of drug-likeness (QED) is 0.599. The van der Waals surface area contributed by atoms with E-state index in [1.54, 1.807) is 12.1 Å². The molecule has 2 aromatic carbocycles. The van der Waals surface area contributed by atoms with Gasteiger partial charge < -0.3 is 14.2 Å². The zero-order chi connectivity index (χ0) is 19.8. The van der Waals surface area contributed by atoms with E-state index in [0.29, 0.717) is 22.8 Å². The molecular formula is C19H19FN2O5. The first-order valence-electron chi connectivity index (χ1n) is 7.83. The van der Waals surface area contributed by atoms with Crippen LogP contribution in [0.1, 0.15) is 15.9 Å². The van der Waals surface area contributed by atoms with Crippen LogP contribution in [0.2, 0.25) is 0 Å². The molecule has 0 heterocycles. The van der Waals surface area contributed by atoms with Crippen LogP contribution in [0.3, 0.4) is 0 Å². The Morgan fingerprint density at radius 2 is 1.56 bits per heavy atom. The summed E-state index contributed by atoms with van der Waals surface area (Å²) in [5, 5.41) is 0. The number of nitrogens with one attached hydrogen (secondary N) is 2. The highest BCUT2D eigenvalue weighted by Gasteiger charge is 2.12.